The van der Waals surface area contributed by atoms with Crippen molar-refractivity contribution >= 4 is 22.4 Å². The zero-order valence-corrected chi connectivity index (χ0v) is 14.6. The van der Waals surface area contributed by atoms with Crippen molar-refractivity contribution in [3.63, 3.8) is 0 Å². The van der Waals surface area contributed by atoms with Gasteiger partial charge >= 0.3 is 0 Å². The second kappa shape index (κ2) is 7.59. The summed E-state index contributed by atoms with van der Waals surface area (Å²) in [5, 5.41) is 0.460. The van der Waals surface area contributed by atoms with Crippen molar-refractivity contribution in [1.82, 2.24) is 14.8 Å². The van der Waals surface area contributed by atoms with E-state index in [1.54, 1.807) is 0 Å². The van der Waals surface area contributed by atoms with Crippen molar-refractivity contribution in [1.29, 1.82) is 0 Å². The molecule has 2 aliphatic rings. The van der Waals surface area contributed by atoms with Crippen LogP contribution in [-0.4, -0.2) is 66.1 Å². The molecule has 6 nitrogen and oxygen atoms in total. The number of aromatic nitrogens is 1. The van der Waals surface area contributed by atoms with Gasteiger partial charge in [-0.3, -0.25) is 4.79 Å². The Morgan fingerprint density at radius 2 is 2.09 bits per heavy atom. The molecule has 2 fully saturated rings. The van der Waals surface area contributed by atoms with Gasteiger partial charge in [-0.15, -0.1) is 0 Å². The van der Waals surface area contributed by atoms with Gasteiger partial charge in [0, 0.05) is 26.2 Å². The van der Waals surface area contributed by atoms with Crippen LogP contribution in [0.4, 0.5) is 5.13 Å². The van der Waals surface area contributed by atoms with Gasteiger partial charge in [-0.2, -0.15) is 0 Å². The van der Waals surface area contributed by atoms with E-state index in [1.165, 1.54) is 30.6 Å². The number of nitrogen functional groups attached to an aromatic ring is 1. The molecule has 3 heterocycles. The van der Waals surface area contributed by atoms with Crippen molar-refractivity contribution < 1.29 is 9.53 Å². The van der Waals surface area contributed by atoms with Crippen LogP contribution in [0.15, 0.2) is 0 Å². The lowest BCUT2D eigenvalue weighted by Crippen LogP contribution is -2.43. The van der Waals surface area contributed by atoms with Gasteiger partial charge in [0.1, 0.15) is 4.88 Å². The summed E-state index contributed by atoms with van der Waals surface area (Å²) in [6.07, 6.45) is 4.86. The molecule has 7 heteroatoms. The van der Waals surface area contributed by atoms with E-state index in [9.17, 15) is 4.79 Å². The number of piperidine rings is 1. The predicted molar refractivity (Wildman–Crippen MR) is 91.8 cm³/mol. The molecule has 23 heavy (non-hydrogen) atoms. The highest BCUT2D eigenvalue weighted by Gasteiger charge is 2.27. The standard InChI is InChI=1S/C16H26N4O2S/c1-12-14(23-16(17)18-12)15(21)20-8-5-9-22-13(11-20)10-19-6-3-2-4-7-19/h13H,2-11H2,1H3,(H2,17,18). The molecule has 1 atom stereocenters. The predicted octanol–water partition coefficient (Wildman–Crippen LogP) is 1.75. The van der Waals surface area contributed by atoms with Gasteiger partial charge in [0.25, 0.3) is 5.91 Å². The summed E-state index contributed by atoms with van der Waals surface area (Å²) in [5.41, 5.74) is 6.47. The molecule has 0 aromatic carbocycles. The summed E-state index contributed by atoms with van der Waals surface area (Å²) in [6, 6.07) is 0. The number of likely N-dealkylation sites (tertiary alicyclic amines) is 1. The smallest absolute Gasteiger partial charge is 0.266 e. The summed E-state index contributed by atoms with van der Waals surface area (Å²) < 4.78 is 5.98. The first kappa shape index (κ1) is 16.7. The summed E-state index contributed by atoms with van der Waals surface area (Å²) in [5.74, 6) is 0.0471. The van der Waals surface area contributed by atoms with Crippen LogP contribution in [0.1, 0.15) is 41.0 Å². The van der Waals surface area contributed by atoms with Crippen LogP contribution < -0.4 is 5.73 Å². The Balaban J connectivity index is 1.64. The van der Waals surface area contributed by atoms with Crippen LogP contribution >= 0.6 is 11.3 Å². The summed E-state index contributed by atoms with van der Waals surface area (Å²) in [6.45, 7) is 7.20. The van der Waals surface area contributed by atoms with E-state index in [2.05, 4.69) is 9.88 Å². The maximum absolute atomic E-state index is 12.8. The minimum Gasteiger partial charge on any atom is -0.375 e. The number of amides is 1. The number of hydrogen-bond donors (Lipinski definition) is 1. The number of aryl methyl sites for hydroxylation is 1. The van der Waals surface area contributed by atoms with Gasteiger partial charge < -0.3 is 20.3 Å². The van der Waals surface area contributed by atoms with E-state index in [0.717, 1.165) is 44.9 Å². The van der Waals surface area contributed by atoms with Crippen molar-refractivity contribution in [2.45, 2.75) is 38.7 Å². The molecule has 0 spiro atoms. The highest BCUT2D eigenvalue weighted by atomic mass is 32.1. The van der Waals surface area contributed by atoms with Gasteiger partial charge in [0.05, 0.1) is 11.8 Å². The number of anilines is 1. The Morgan fingerprint density at radius 1 is 1.30 bits per heavy atom. The highest BCUT2D eigenvalue weighted by Crippen LogP contribution is 2.23. The molecule has 1 aromatic rings. The summed E-state index contributed by atoms with van der Waals surface area (Å²) >= 11 is 1.28. The average Bonchev–Trinajstić information content (AvgIpc) is 2.74. The fraction of sp³-hybridized carbons (Fsp3) is 0.750. The van der Waals surface area contributed by atoms with E-state index < -0.39 is 0 Å². The number of nitrogens with two attached hydrogens (primary N) is 1. The third-order valence-electron chi connectivity index (χ3n) is 4.56. The van der Waals surface area contributed by atoms with Crippen molar-refractivity contribution in [3.8, 4) is 0 Å². The van der Waals surface area contributed by atoms with E-state index in [1.807, 2.05) is 11.8 Å². The van der Waals surface area contributed by atoms with Crippen LogP contribution in [0.3, 0.4) is 0 Å². The third kappa shape index (κ3) is 4.22. The largest absolute Gasteiger partial charge is 0.375 e. The van der Waals surface area contributed by atoms with Gasteiger partial charge in [-0.25, -0.2) is 4.98 Å². The number of hydrogen-bond acceptors (Lipinski definition) is 6. The fourth-order valence-electron chi connectivity index (χ4n) is 3.38. The zero-order valence-electron chi connectivity index (χ0n) is 13.8. The Hall–Kier alpha value is -1.18. The minimum absolute atomic E-state index is 0.0471. The van der Waals surface area contributed by atoms with E-state index in [4.69, 9.17) is 10.5 Å². The molecule has 0 radical (unpaired) electrons. The lowest BCUT2D eigenvalue weighted by Gasteiger charge is -2.31. The zero-order chi connectivity index (χ0) is 16.2. The molecule has 1 unspecified atom stereocenters. The second-order valence-electron chi connectivity index (χ2n) is 6.43. The molecule has 3 rings (SSSR count). The second-order valence-corrected chi connectivity index (χ2v) is 7.46. The van der Waals surface area contributed by atoms with Crippen LogP contribution in [0.2, 0.25) is 0 Å². The van der Waals surface area contributed by atoms with Crippen LogP contribution in [0.5, 0.6) is 0 Å². The molecule has 0 bridgehead atoms. The summed E-state index contributed by atoms with van der Waals surface area (Å²) in [4.78, 5) is 22.0. The quantitative estimate of drug-likeness (QED) is 0.909. The molecule has 128 valence electrons. The van der Waals surface area contributed by atoms with Crippen molar-refractivity contribution in [2.24, 2.45) is 0 Å². The number of carbonyl (C=O) groups excluding carboxylic acids is 1. The maximum atomic E-state index is 12.8. The molecule has 2 aliphatic heterocycles. The molecular formula is C16H26N4O2S. The first-order chi connectivity index (χ1) is 11.1. The first-order valence-corrected chi connectivity index (χ1v) is 9.31. The average molecular weight is 338 g/mol. The van der Waals surface area contributed by atoms with Gasteiger partial charge in [-0.1, -0.05) is 17.8 Å². The van der Waals surface area contributed by atoms with E-state index in [0.29, 0.717) is 16.6 Å². The molecule has 2 saturated heterocycles. The van der Waals surface area contributed by atoms with Crippen LogP contribution in [0, 0.1) is 6.92 Å². The lowest BCUT2D eigenvalue weighted by molar-refractivity contribution is 0.0217. The summed E-state index contributed by atoms with van der Waals surface area (Å²) in [7, 11) is 0. The molecule has 1 aromatic heterocycles. The van der Waals surface area contributed by atoms with Gasteiger partial charge in [0.2, 0.25) is 0 Å². The number of rotatable bonds is 3. The van der Waals surface area contributed by atoms with E-state index in [-0.39, 0.29) is 12.0 Å². The number of ether oxygens (including phenoxy) is 1. The lowest BCUT2D eigenvalue weighted by atomic mass is 10.1. The number of thiazole rings is 1. The Labute approximate surface area is 141 Å². The highest BCUT2D eigenvalue weighted by molar-refractivity contribution is 7.17. The SMILES string of the molecule is Cc1nc(N)sc1C(=O)N1CCCOC(CN2CCCCC2)C1. The normalized spacial score (nSPS) is 23.7. The maximum Gasteiger partial charge on any atom is 0.266 e. The van der Waals surface area contributed by atoms with Crippen LogP contribution in [-0.2, 0) is 4.74 Å². The monoisotopic (exact) mass is 338 g/mol. The third-order valence-corrected chi connectivity index (χ3v) is 5.53. The molecular weight excluding hydrogens is 312 g/mol. The molecule has 2 N–H and O–H groups in total. The molecule has 0 saturated carbocycles. The van der Waals surface area contributed by atoms with Crippen molar-refractivity contribution in [2.75, 3.05) is 45.1 Å². The topological polar surface area (TPSA) is 71.7 Å². The van der Waals surface area contributed by atoms with Gasteiger partial charge in [0.15, 0.2) is 5.13 Å². The Kier molecular flexibility index (Phi) is 5.50. The Bertz CT molecular complexity index is 542. The minimum atomic E-state index is 0.0471. The number of nitrogens with zero attached hydrogens (tertiary/aromatic N) is 3. The first-order valence-electron chi connectivity index (χ1n) is 8.49. The van der Waals surface area contributed by atoms with Crippen LogP contribution in [0.25, 0.3) is 0 Å². The Morgan fingerprint density at radius 3 is 2.78 bits per heavy atom. The molecule has 0 aliphatic carbocycles. The molecule has 1 amide bonds. The van der Waals surface area contributed by atoms with E-state index >= 15 is 0 Å². The number of carbonyl (C=O) groups is 1. The van der Waals surface area contributed by atoms with Crippen molar-refractivity contribution in [3.05, 3.63) is 10.6 Å². The fourth-order valence-corrected chi connectivity index (χ4v) is 4.18. The van der Waals surface area contributed by atoms with Gasteiger partial charge in [-0.05, 0) is 39.3 Å².